The maximum absolute atomic E-state index is 2.44. The smallest absolute Gasteiger partial charge is 0.00173 e. The predicted molar refractivity (Wildman–Crippen MR) is 112 cm³/mol. The second-order valence-corrected chi connectivity index (χ2v) is 8.67. The zero-order chi connectivity index (χ0) is 18.7. The number of rotatable bonds is 6. The van der Waals surface area contributed by atoms with Gasteiger partial charge < -0.3 is 0 Å². The lowest BCUT2D eigenvalue weighted by Crippen LogP contribution is -2.07. The van der Waals surface area contributed by atoms with Crippen molar-refractivity contribution in [2.45, 2.75) is 85.5 Å². The maximum atomic E-state index is 2.44. The SMILES string of the molecule is CC(C)c1ccc(Cc2c(C(C)C)cccc2C(C)C)c(C(C)C)c1. The molecule has 0 unspecified atom stereocenters. The minimum Gasteiger partial charge on any atom is -0.0617 e. The average Bonchev–Trinajstić information content (AvgIpc) is 2.54. The molecule has 25 heavy (non-hydrogen) atoms. The van der Waals surface area contributed by atoms with Crippen LogP contribution in [0.2, 0.25) is 0 Å². The topological polar surface area (TPSA) is 0 Å². The second kappa shape index (κ2) is 8.21. The first-order valence-electron chi connectivity index (χ1n) is 9.96. The van der Waals surface area contributed by atoms with Gasteiger partial charge in [-0.25, -0.2) is 0 Å². The van der Waals surface area contributed by atoms with Gasteiger partial charge in [-0.1, -0.05) is 91.8 Å². The van der Waals surface area contributed by atoms with Crippen LogP contribution in [0, 0.1) is 0 Å². The van der Waals surface area contributed by atoms with E-state index in [1.54, 1.807) is 5.56 Å². The van der Waals surface area contributed by atoms with E-state index < -0.39 is 0 Å². The van der Waals surface area contributed by atoms with Crippen molar-refractivity contribution < 1.29 is 0 Å². The highest BCUT2D eigenvalue weighted by atomic mass is 14.2. The van der Waals surface area contributed by atoms with E-state index >= 15 is 0 Å². The summed E-state index contributed by atoms with van der Waals surface area (Å²) in [5.41, 5.74) is 9.02. The lowest BCUT2D eigenvalue weighted by molar-refractivity contribution is 0.793. The summed E-state index contributed by atoms with van der Waals surface area (Å²) in [5, 5.41) is 0. The third-order valence-electron chi connectivity index (χ3n) is 5.32. The molecule has 0 amide bonds. The Labute approximate surface area is 155 Å². The van der Waals surface area contributed by atoms with Gasteiger partial charge in [0.1, 0.15) is 0 Å². The molecule has 0 aromatic heterocycles. The van der Waals surface area contributed by atoms with Crippen LogP contribution in [0.1, 0.15) is 112 Å². The molecule has 0 radical (unpaired) electrons. The Bertz CT molecular complexity index is 676. The van der Waals surface area contributed by atoms with Gasteiger partial charge in [0, 0.05) is 0 Å². The van der Waals surface area contributed by atoms with Gasteiger partial charge >= 0.3 is 0 Å². The van der Waals surface area contributed by atoms with Crippen molar-refractivity contribution in [3.05, 3.63) is 69.8 Å². The lowest BCUT2D eigenvalue weighted by atomic mass is 9.83. The molecule has 0 heterocycles. The first-order chi connectivity index (χ1) is 11.7. The molecule has 0 saturated heterocycles. The second-order valence-electron chi connectivity index (χ2n) is 8.67. The predicted octanol–water partition coefficient (Wildman–Crippen LogP) is 7.77. The fourth-order valence-electron chi connectivity index (χ4n) is 3.77. The van der Waals surface area contributed by atoms with Crippen molar-refractivity contribution in [1.29, 1.82) is 0 Å². The average molecular weight is 337 g/mol. The molecule has 2 aromatic rings. The zero-order valence-corrected chi connectivity index (χ0v) is 17.5. The summed E-state index contributed by atoms with van der Waals surface area (Å²) in [6.45, 7) is 18.5. The van der Waals surface area contributed by atoms with Crippen LogP contribution >= 0.6 is 0 Å². The molecular formula is C25H36. The first kappa shape index (κ1) is 19.8. The van der Waals surface area contributed by atoms with Crippen LogP contribution in [-0.4, -0.2) is 0 Å². The summed E-state index contributed by atoms with van der Waals surface area (Å²) >= 11 is 0. The van der Waals surface area contributed by atoms with Crippen molar-refractivity contribution in [2.75, 3.05) is 0 Å². The van der Waals surface area contributed by atoms with Crippen LogP contribution in [-0.2, 0) is 6.42 Å². The Balaban J connectivity index is 2.56. The molecule has 0 nitrogen and oxygen atoms in total. The molecule has 0 N–H and O–H groups in total. The molecule has 0 fully saturated rings. The van der Waals surface area contributed by atoms with E-state index in [1.807, 2.05) is 0 Å². The fraction of sp³-hybridized carbons (Fsp3) is 0.520. The minimum absolute atomic E-state index is 0.558. The van der Waals surface area contributed by atoms with Crippen molar-refractivity contribution in [3.8, 4) is 0 Å². The van der Waals surface area contributed by atoms with E-state index in [4.69, 9.17) is 0 Å². The molecule has 0 spiro atoms. The lowest BCUT2D eigenvalue weighted by Gasteiger charge is -2.22. The summed E-state index contributed by atoms with van der Waals surface area (Å²) in [5.74, 6) is 2.26. The van der Waals surface area contributed by atoms with Crippen LogP contribution in [0.3, 0.4) is 0 Å². The molecule has 0 aliphatic rings. The highest BCUT2D eigenvalue weighted by Crippen LogP contribution is 2.32. The van der Waals surface area contributed by atoms with Crippen molar-refractivity contribution in [2.24, 2.45) is 0 Å². The van der Waals surface area contributed by atoms with E-state index in [0.29, 0.717) is 23.7 Å². The summed E-state index contributed by atoms with van der Waals surface area (Å²) in [6.07, 6.45) is 1.05. The molecule has 0 aliphatic heterocycles. The molecule has 2 aromatic carbocycles. The highest BCUT2D eigenvalue weighted by molar-refractivity contribution is 5.45. The van der Waals surface area contributed by atoms with Gasteiger partial charge in [0.05, 0.1) is 0 Å². The van der Waals surface area contributed by atoms with E-state index in [9.17, 15) is 0 Å². The van der Waals surface area contributed by atoms with Gasteiger partial charge in [0.2, 0.25) is 0 Å². The van der Waals surface area contributed by atoms with Gasteiger partial charge in [-0.2, -0.15) is 0 Å². The fourth-order valence-corrected chi connectivity index (χ4v) is 3.77. The molecule has 0 heteroatoms. The third kappa shape index (κ3) is 4.54. The Hall–Kier alpha value is -1.56. The van der Waals surface area contributed by atoms with Crippen molar-refractivity contribution in [3.63, 3.8) is 0 Å². The Morgan fingerprint density at radius 1 is 0.600 bits per heavy atom. The highest BCUT2D eigenvalue weighted by Gasteiger charge is 2.17. The van der Waals surface area contributed by atoms with Gasteiger partial charge in [0.25, 0.3) is 0 Å². The Kier molecular flexibility index (Phi) is 6.49. The maximum Gasteiger partial charge on any atom is -0.00173 e. The van der Waals surface area contributed by atoms with E-state index in [0.717, 1.165) is 6.42 Å². The Morgan fingerprint density at radius 3 is 1.56 bits per heavy atom. The molecule has 136 valence electrons. The van der Waals surface area contributed by atoms with Gasteiger partial charge in [-0.05, 0) is 63.5 Å². The normalized spacial score (nSPS) is 12.0. The monoisotopic (exact) mass is 336 g/mol. The summed E-state index contributed by atoms with van der Waals surface area (Å²) < 4.78 is 0. The summed E-state index contributed by atoms with van der Waals surface area (Å²) in [6, 6.07) is 14.0. The largest absolute Gasteiger partial charge is 0.0617 e. The quantitative estimate of drug-likeness (QED) is 0.505. The van der Waals surface area contributed by atoms with E-state index in [-0.39, 0.29) is 0 Å². The molecule has 2 rings (SSSR count). The number of hydrogen-bond acceptors (Lipinski definition) is 0. The molecular weight excluding hydrogens is 300 g/mol. The van der Waals surface area contributed by atoms with E-state index in [1.165, 1.54) is 27.8 Å². The van der Waals surface area contributed by atoms with Crippen LogP contribution in [0.5, 0.6) is 0 Å². The van der Waals surface area contributed by atoms with Gasteiger partial charge in [-0.15, -0.1) is 0 Å². The standard InChI is InChI=1S/C25H36/c1-16(2)20-12-13-21(24(14-20)19(7)8)15-25-22(17(3)4)10-9-11-23(25)18(5)6/h9-14,16-19H,15H2,1-8H3. The van der Waals surface area contributed by atoms with E-state index in [2.05, 4.69) is 91.8 Å². The molecule has 0 aliphatic carbocycles. The summed E-state index contributed by atoms with van der Waals surface area (Å²) in [7, 11) is 0. The van der Waals surface area contributed by atoms with Crippen LogP contribution in [0.4, 0.5) is 0 Å². The van der Waals surface area contributed by atoms with Crippen molar-refractivity contribution in [1.82, 2.24) is 0 Å². The Morgan fingerprint density at radius 2 is 1.12 bits per heavy atom. The van der Waals surface area contributed by atoms with Crippen LogP contribution in [0.25, 0.3) is 0 Å². The minimum atomic E-state index is 0.558. The molecule has 0 saturated carbocycles. The van der Waals surface area contributed by atoms with Gasteiger partial charge in [0.15, 0.2) is 0 Å². The third-order valence-corrected chi connectivity index (χ3v) is 5.32. The summed E-state index contributed by atoms with van der Waals surface area (Å²) in [4.78, 5) is 0. The number of hydrogen-bond donors (Lipinski definition) is 0. The van der Waals surface area contributed by atoms with Gasteiger partial charge in [-0.3, -0.25) is 0 Å². The molecule has 0 bridgehead atoms. The molecule has 0 atom stereocenters. The van der Waals surface area contributed by atoms with Crippen LogP contribution < -0.4 is 0 Å². The van der Waals surface area contributed by atoms with Crippen LogP contribution in [0.15, 0.2) is 36.4 Å². The zero-order valence-electron chi connectivity index (χ0n) is 17.5. The van der Waals surface area contributed by atoms with Crippen molar-refractivity contribution >= 4 is 0 Å². The first-order valence-corrected chi connectivity index (χ1v) is 9.96. The number of benzene rings is 2.